The summed E-state index contributed by atoms with van der Waals surface area (Å²) in [5.74, 6) is 0.443. The van der Waals surface area contributed by atoms with Crippen LogP contribution in [0.5, 0.6) is 0 Å². The molecule has 1 saturated heterocycles. The standard InChI is InChI=1S/C15H21NO2/c1-15(2,3)18-14(17)16-10-9-13(11-16)12-7-5-4-6-8-12/h4-8,13H,9-11H2,1-3H3/t13-/m1/s1. The first-order valence-corrected chi connectivity index (χ1v) is 6.48. The lowest BCUT2D eigenvalue weighted by Crippen LogP contribution is -2.35. The van der Waals surface area contributed by atoms with E-state index in [1.54, 1.807) is 0 Å². The van der Waals surface area contributed by atoms with Gasteiger partial charge in [0.15, 0.2) is 0 Å². The van der Waals surface area contributed by atoms with Gasteiger partial charge in [-0.2, -0.15) is 0 Å². The molecule has 3 heteroatoms. The average Bonchev–Trinajstić information content (AvgIpc) is 2.77. The molecule has 0 spiro atoms. The Labute approximate surface area is 109 Å². The van der Waals surface area contributed by atoms with Crippen molar-refractivity contribution in [2.45, 2.75) is 38.7 Å². The van der Waals surface area contributed by atoms with Crippen molar-refractivity contribution in [3.63, 3.8) is 0 Å². The molecule has 0 aliphatic carbocycles. The number of amides is 1. The Balaban J connectivity index is 1.95. The van der Waals surface area contributed by atoms with Gasteiger partial charge in [0.1, 0.15) is 5.60 Å². The molecule has 2 rings (SSSR count). The van der Waals surface area contributed by atoms with Crippen LogP contribution in [0, 0.1) is 0 Å². The van der Waals surface area contributed by atoms with Crippen LogP contribution in [-0.2, 0) is 4.74 Å². The maximum absolute atomic E-state index is 11.9. The van der Waals surface area contributed by atoms with Crippen molar-refractivity contribution in [1.82, 2.24) is 4.90 Å². The van der Waals surface area contributed by atoms with Gasteiger partial charge in [-0.15, -0.1) is 0 Å². The lowest BCUT2D eigenvalue weighted by Gasteiger charge is -2.24. The van der Waals surface area contributed by atoms with Crippen molar-refractivity contribution >= 4 is 6.09 Å². The van der Waals surface area contributed by atoms with Crippen LogP contribution < -0.4 is 0 Å². The van der Waals surface area contributed by atoms with E-state index in [1.165, 1.54) is 5.56 Å². The Morgan fingerprint density at radius 1 is 1.28 bits per heavy atom. The van der Waals surface area contributed by atoms with E-state index in [2.05, 4.69) is 12.1 Å². The zero-order valence-electron chi connectivity index (χ0n) is 11.3. The lowest BCUT2D eigenvalue weighted by molar-refractivity contribution is 0.0292. The summed E-state index contributed by atoms with van der Waals surface area (Å²) in [6, 6.07) is 10.4. The first-order valence-electron chi connectivity index (χ1n) is 6.48. The van der Waals surface area contributed by atoms with Crippen LogP contribution in [0.3, 0.4) is 0 Å². The van der Waals surface area contributed by atoms with Gasteiger partial charge in [0.25, 0.3) is 0 Å². The van der Waals surface area contributed by atoms with E-state index in [1.807, 2.05) is 43.9 Å². The fourth-order valence-electron chi connectivity index (χ4n) is 2.25. The summed E-state index contributed by atoms with van der Waals surface area (Å²) in [5, 5.41) is 0. The van der Waals surface area contributed by atoms with Gasteiger partial charge in [0.2, 0.25) is 0 Å². The summed E-state index contributed by atoms with van der Waals surface area (Å²) in [6.45, 7) is 7.24. The van der Waals surface area contributed by atoms with E-state index in [0.29, 0.717) is 5.92 Å². The molecule has 0 bridgehead atoms. The fraction of sp³-hybridized carbons (Fsp3) is 0.533. The summed E-state index contributed by atoms with van der Waals surface area (Å²) >= 11 is 0. The van der Waals surface area contributed by atoms with Crippen LogP contribution in [0.2, 0.25) is 0 Å². The van der Waals surface area contributed by atoms with Crippen molar-refractivity contribution in [1.29, 1.82) is 0 Å². The number of nitrogens with zero attached hydrogens (tertiary/aromatic N) is 1. The average molecular weight is 247 g/mol. The van der Waals surface area contributed by atoms with Gasteiger partial charge in [-0.1, -0.05) is 30.3 Å². The minimum atomic E-state index is -0.415. The van der Waals surface area contributed by atoms with Gasteiger partial charge in [-0.25, -0.2) is 4.79 Å². The molecule has 1 heterocycles. The molecule has 1 atom stereocenters. The Kier molecular flexibility index (Phi) is 3.60. The predicted molar refractivity (Wildman–Crippen MR) is 71.6 cm³/mol. The van der Waals surface area contributed by atoms with Gasteiger partial charge in [-0.3, -0.25) is 0 Å². The minimum absolute atomic E-state index is 0.194. The van der Waals surface area contributed by atoms with Crippen LogP contribution >= 0.6 is 0 Å². The summed E-state index contributed by atoms with van der Waals surface area (Å²) in [4.78, 5) is 13.7. The maximum Gasteiger partial charge on any atom is 0.410 e. The highest BCUT2D eigenvalue weighted by Gasteiger charge is 2.30. The third-order valence-electron chi connectivity index (χ3n) is 3.11. The number of hydrogen-bond donors (Lipinski definition) is 0. The molecule has 0 aromatic heterocycles. The van der Waals surface area contributed by atoms with E-state index in [0.717, 1.165) is 19.5 Å². The normalized spacial score (nSPS) is 19.9. The van der Waals surface area contributed by atoms with Crippen molar-refractivity contribution in [3.8, 4) is 0 Å². The molecule has 0 unspecified atom stereocenters. The summed E-state index contributed by atoms with van der Waals surface area (Å²) < 4.78 is 5.39. The second kappa shape index (κ2) is 5.01. The second-order valence-corrected chi connectivity index (χ2v) is 5.82. The van der Waals surface area contributed by atoms with Crippen molar-refractivity contribution in [3.05, 3.63) is 35.9 Å². The molecule has 1 aliphatic rings. The molecule has 1 fully saturated rings. The molecule has 1 aromatic carbocycles. The molecule has 18 heavy (non-hydrogen) atoms. The van der Waals surface area contributed by atoms with E-state index in [4.69, 9.17) is 4.74 Å². The van der Waals surface area contributed by atoms with Crippen LogP contribution in [0.15, 0.2) is 30.3 Å². The SMILES string of the molecule is CC(C)(C)OC(=O)N1CC[C@@H](c2ccccc2)C1. The van der Waals surface area contributed by atoms with Crippen molar-refractivity contribution in [2.75, 3.05) is 13.1 Å². The zero-order valence-corrected chi connectivity index (χ0v) is 11.3. The third kappa shape index (κ3) is 3.25. The Bertz CT molecular complexity index is 408. The van der Waals surface area contributed by atoms with Crippen LogP contribution in [0.1, 0.15) is 38.7 Å². The number of hydrogen-bond acceptors (Lipinski definition) is 2. The van der Waals surface area contributed by atoms with Gasteiger partial charge in [-0.05, 0) is 32.8 Å². The number of benzene rings is 1. The fourth-order valence-corrected chi connectivity index (χ4v) is 2.25. The topological polar surface area (TPSA) is 29.5 Å². The Hall–Kier alpha value is -1.51. The van der Waals surface area contributed by atoms with Crippen LogP contribution in [0.25, 0.3) is 0 Å². The van der Waals surface area contributed by atoms with E-state index in [-0.39, 0.29) is 6.09 Å². The number of rotatable bonds is 1. The number of ether oxygens (including phenoxy) is 1. The van der Waals surface area contributed by atoms with E-state index >= 15 is 0 Å². The molecular formula is C15H21NO2. The second-order valence-electron chi connectivity index (χ2n) is 5.82. The molecular weight excluding hydrogens is 226 g/mol. The molecule has 1 aromatic rings. The van der Waals surface area contributed by atoms with Gasteiger partial charge < -0.3 is 9.64 Å². The summed E-state index contributed by atoms with van der Waals surface area (Å²) in [6.07, 6.45) is 0.824. The van der Waals surface area contributed by atoms with E-state index in [9.17, 15) is 4.79 Å². The highest BCUT2D eigenvalue weighted by Crippen LogP contribution is 2.27. The molecule has 98 valence electrons. The van der Waals surface area contributed by atoms with Crippen molar-refractivity contribution < 1.29 is 9.53 Å². The molecule has 0 saturated carbocycles. The first-order chi connectivity index (χ1) is 8.46. The Morgan fingerprint density at radius 3 is 2.56 bits per heavy atom. The largest absolute Gasteiger partial charge is 0.444 e. The lowest BCUT2D eigenvalue weighted by atomic mass is 9.99. The quantitative estimate of drug-likeness (QED) is 0.761. The van der Waals surface area contributed by atoms with Crippen LogP contribution in [0.4, 0.5) is 4.79 Å². The Morgan fingerprint density at radius 2 is 1.94 bits per heavy atom. The molecule has 0 radical (unpaired) electrons. The smallest absolute Gasteiger partial charge is 0.410 e. The van der Waals surface area contributed by atoms with Gasteiger partial charge in [0, 0.05) is 19.0 Å². The highest BCUT2D eigenvalue weighted by atomic mass is 16.6. The van der Waals surface area contributed by atoms with Crippen molar-refractivity contribution in [2.24, 2.45) is 0 Å². The summed E-state index contributed by atoms with van der Waals surface area (Å²) in [5.41, 5.74) is 0.894. The monoisotopic (exact) mass is 247 g/mol. The highest BCUT2D eigenvalue weighted by molar-refractivity contribution is 5.68. The van der Waals surface area contributed by atoms with E-state index < -0.39 is 5.60 Å². The van der Waals surface area contributed by atoms with Gasteiger partial charge in [0.05, 0.1) is 0 Å². The van der Waals surface area contributed by atoms with Gasteiger partial charge >= 0.3 is 6.09 Å². The molecule has 1 amide bonds. The zero-order chi connectivity index (χ0) is 13.2. The molecule has 1 aliphatic heterocycles. The third-order valence-corrected chi connectivity index (χ3v) is 3.11. The number of carbonyl (C=O) groups is 1. The summed E-state index contributed by atoms with van der Waals surface area (Å²) in [7, 11) is 0. The number of carbonyl (C=O) groups excluding carboxylic acids is 1. The molecule has 0 N–H and O–H groups in total. The number of likely N-dealkylation sites (tertiary alicyclic amines) is 1. The minimum Gasteiger partial charge on any atom is -0.444 e. The maximum atomic E-state index is 11.9. The predicted octanol–water partition coefficient (Wildman–Crippen LogP) is 3.41. The first kappa shape index (κ1) is 12.9. The van der Waals surface area contributed by atoms with Crippen LogP contribution in [-0.4, -0.2) is 29.7 Å². The molecule has 3 nitrogen and oxygen atoms in total.